The third-order valence-corrected chi connectivity index (χ3v) is 13.5. The zero-order valence-electron chi connectivity index (χ0n) is 28.7. The van der Waals surface area contributed by atoms with Crippen molar-refractivity contribution in [3.63, 3.8) is 0 Å². The summed E-state index contributed by atoms with van der Waals surface area (Å²) >= 11 is 6.54. The molecule has 1 aliphatic heterocycles. The third kappa shape index (κ3) is 6.60. The highest BCUT2D eigenvalue weighted by molar-refractivity contribution is 6.74. The lowest BCUT2D eigenvalue weighted by Gasteiger charge is -2.36. The van der Waals surface area contributed by atoms with Gasteiger partial charge >= 0.3 is 11.9 Å². The van der Waals surface area contributed by atoms with E-state index in [0.29, 0.717) is 50.3 Å². The fraction of sp³-hybridized carbons (Fsp3) is 0.457. The molecule has 47 heavy (non-hydrogen) atoms. The molecule has 4 aromatic rings. The number of methoxy groups -OCH3 is 1. The fourth-order valence-electron chi connectivity index (χ4n) is 5.57. The number of rotatable bonds is 8. The van der Waals surface area contributed by atoms with Crippen LogP contribution in [0.4, 0.5) is 5.69 Å². The average molecular weight is 683 g/mol. The summed E-state index contributed by atoms with van der Waals surface area (Å²) in [6.45, 7) is 18.0. The first-order chi connectivity index (χ1) is 21.8. The number of ether oxygens (including phenoxy) is 3. The van der Waals surface area contributed by atoms with Crippen LogP contribution < -0.4 is 14.1 Å². The molecule has 12 heteroatoms. The first-order valence-electron chi connectivity index (χ1n) is 15.6. The van der Waals surface area contributed by atoms with Crippen LogP contribution in [0.2, 0.25) is 18.1 Å². The standard InChI is InChI=1S/C35H43ClN2O8Si/c1-19-28(33(41)42-8)30-29-21(16-36)17-38(23(29)15-25(31(30)37-19)46-47(9,10)35(5,6)7)32(40)26-14-20-13-22(11-12-24(20)44-26)43-18-27(39)45-34(2,3)4/h11-15,21,37H,16-18H2,1-10H3/t21-/m1/s1. The fourth-order valence-corrected chi connectivity index (χ4v) is 6.84. The van der Waals surface area contributed by atoms with Crippen LogP contribution in [0.5, 0.6) is 11.5 Å². The summed E-state index contributed by atoms with van der Waals surface area (Å²) in [6, 6.07) is 8.60. The maximum Gasteiger partial charge on any atom is 0.344 e. The van der Waals surface area contributed by atoms with Gasteiger partial charge in [-0.3, -0.25) is 4.79 Å². The molecule has 1 aliphatic rings. The lowest BCUT2D eigenvalue weighted by molar-refractivity contribution is -0.157. The Morgan fingerprint density at radius 2 is 1.79 bits per heavy atom. The van der Waals surface area contributed by atoms with Crippen LogP contribution in [0.3, 0.4) is 0 Å². The number of hydrogen-bond donors (Lipinski definition) is 1. The number of alkyl halides is 1. The quantitative estimate of drug-likeness (QED) is 0.112. The van der Waals surface area contributed by atoms with E-state index in [1.54, 1.807) is 49.9 Å². The Labute approximate surface area is 280 Å². The van der Waals surface area contributed by atoms with Gasteiger partial charge in [-0.25, -0.2) is 9.59 Å². The van der Waals surface area contributed by atoms with E-state index in [2.05, 4.69) is 38.8 Å². The van der Waals surface area contributed by atoms with Crippen LogP contribution in [0.15, 0.2) is 34.7 Å². The minimum atomic E-state index is -2.36. The molecule has 0 aliphatic carbocycles. The summed E-state index contributed by atoms with van der Waals surface area (Å²) in [4.78, 5) is 44.5. The van der Waals surface area contributed by atoms with Crippen molar-refractivity contribution >= 4 is 65.3 Å². The highest BCUT2D eigenvalue weighted by Crippen LogP contribution is 2.49. The molecular formula is C35H43ClN2O8Si. The van der Waals surface area contributed by atoms with Crippen molar-refractivity contribution in [1.29, 1.82) is 0 Å². The van der Waals surface area contributed by atoms with E-state index in [9.17, 15) is 14.4 Å². The van der Waals surface area contributed by atoms with Gasteiger partial charge in [-0.15, -0.1) is 11.6 Å². The van der Waals surface area contributed by atoms with E-state index in [0.717, 1.165) is 5.56 Å². The summed E-state index contributed by atoms with van der Waals surface area (Å²) in [5.41, 5.74) is 2.96. The number of halogens is 1. The van der Waals surface area contributed by atoms with Gasteiger partial charge in [-0.05, 0) is 75.7 Å². The van der Waals surface area contributed by atoms with Gasteiger partial charge in [-0.2, -0.15) is 0 Å². The number of anilines is 1. The number of hydrogen-bond acceptors (Lipinski definition) is 8. The van der Waals surface area contributed by atoms with Gasteiger partial charge in [0.05, 0.1) is 23.9 Å². The van der Waals surface area contributed by atoms with Gasteiger partial charge in [0, 0.05) is 40.9 Å². The monoisotopic (exact) mass is 682 g/mol. The van der Waals surface area contributed by atoms with E-state index in [4.69, 9.17) is 34.7 Å². The zero-order chi connectivity index (χ0) is 34.6. The average Bonchev–Trinajstić information content (AvgIpc) is 3.66. The summed E-state index contributed by atoms with van der Waals surface area (Å²) in [5.74, 6) is -0.264. The number of H-pyrrole nitrogens is 1. The van der Waals surface area contributed by atoms with Crippen molar-refractivity contribution in [3.8, 4) is 11.5 Å². The second-order valence-electron chi connectivity index (χ2n) is 14.5. The molecule has 1 amide bonds. The van der Waals surface area contributed by atoms with Crippen molar-refractivity contribution in [2.45, 2.75) is 78.1 Å². The largest absolute Gasteiger partial charge is 0.542 e. The van der Waals surface area contributed by atoms with Crippen molar-refractivity contribution in [2.75, 3.05) is 31.0 Å². The topological polar surface area (TPSA) is 120 Å². The van der Waals surface area contributed by atoms with E-state index >= 15 is 0 Å². The van der Waals surface area contributed by atoms with Gasteiger partial charge in [0.1, 0.15) is 22.7 Å². The Kier molecular flexibility index (Phi) is 8.95. The van der Waals surface area contributed by atoms with E-state index in [-0.39, 0.29) is 41.7 Å². The first-order valence-corrected chi connectivity index (χ1v) is 19.0. The van der Waals surface area contributed by atoms with Crippen LogP contribution >= 0.6 is 11.6 Å². The predicted molar refractivity (Wildman–Crippen MR) is 185 cm³/mol. The lowest BCUT2D eigenvalue weighted by Crippen LogP contribution is -2.44. The molecule has 2 aromatic heterocycles. The SMILES string of the molecule is COC(=O)c1c(C)[nH]c2c(O[Si](C)(C)C(C)(C)C)cc3c(c12)[C@H](CCl)CN3C(=O)c1cc2cc(OCC(=O)OC(C)(C)C)ccc2o1. The zero-order valence-corrected chi connectivity index (χ0v) is 30.4. The molecule has 0 bridgehead atoms. The van der Waals surface area contributed by atoms with Crippen LogP contribution in [0.25, 0.3) is 21.9 Å². The molecule has 0 saturated carbocycles. The molecule has 0 radical (unpaired) electrons. The van der Waals surface area contributed by atoms with Gasteiger partial charge in [0.2, 0.25) is 0 Å². The maximum atomic E-state index is 14.2. The number of amides is 1. The minimum absolute atomic E-state index is 0.108. The normalized spacial score (nSPS) is 15.2. The number of aromatic nitrogens is 1. The van der Waals surface area contributed by atoms with E-state index in [1.165, 1.54) is 7.11 Å². The summed E-state index contributed by atoms with van der Waals surface area (Å²) in [6.07, 6.45) is 0. The molecule has 0 spiro atoms. The van der Waals surface area contributed by atoms with Gasteiger partial charge < -0.3 is 32.9 Å². The maximum absolute atomic E-state index is 14.2. The molecule has 0 fully saturated rings. The van der Waals surface area contributed by atoms with Crippen molar-refractivity contribution in [1.82, 2.24) is 4.98 Å². The van der Waals surface area contributed by atoms with Gasteiger partial charge in [0.25, 0.3) is 14.2 Å². The Balaban J connectivity index is 1.56. The van der Waals surface area contributed by atoms with Crippen molar-refractivity contribution in [3.05, 3.63) is 52.9 Å². The molecule has 10 nitrogen and oxygen atoms in total. The molecule has 5 rings (SSSR count). The number of nitrogens with one attached hydrogen (secondary N) is 1. The Bertz CT molecular complexity index is 1880. The number of carbonyl (C=O) groups excluding carboxylic acids is 3. The van der Waals surface area contributed by atoms with Crippen molar-refractivity contribution in [2.24, 2.45) is 0 Å². The first kappa shape index (κ1) is 34.4. The molecule has 0 unspecified atom stereocenters. The van der Waals surface area contributed by atoms with Crippen LogP contribution in [0.1, 0.15) is 79.6 Å². The summed E-state index contributed by atoms with van der Waals surface area (Å²) in [5, 5.41) is 1.18. The summed E-state index contributed by atoms with van der Waals surface area (Å²) < 4.78 is 29.0. The Hall–Kier alpha value is -3.96. The summed E-state index contributed by atoms with van der Waals surface area (Å²) in [7, 11) is -1.01. The van der Waals surface area contributed by atoms with Gasteiger partial charge in [-0.1, -0.05) is 20.8 Å². The number of aryl methyl sites for hydroxylation is 1. The number of fused-ring (bicyclic) bond motifs is 4. The second-order valence-corrected chi connectivity index (χ2v) is 19.5. The molecule has 252 valence electrons. The van der Waals surface area contributed by atoms with E-state index in [1.807, 2.05) is 13.0 Å². The van der Waals surface area contributed by atoms with E-state index < -0.39 is 25.9 Å². The minimum Gasteiger partial charge on any atom is -0.542 e. The molecule has 2 aromatic carbocycles. The van der Waals surface area contributed by atoms with Gasteiger partial charge in [0.15, 0.2) is 12.4 Å². The molecule has 1 atom stereocenters. The number of aromatic amines is 1. The lowest BCUT2D eigenvalue weighted by atomic mass is 9.95. The second kappa shape index (κ2) is 12.2. The molecular weight excluding hydrogens is 640 g/mol. The number of nitrogens with zero attached hydrogens (tertiary/aromatic N) is 1. The number of benzene rings is 2. The third-order valence-electron chi connectivity index (χ3n) is 8.82. The molecule has 3 heterocycles. The Morgan fingerprint density at radius 3 is 2.40 bits per heavy atom. The smallest absolute Gasteiger partial charge is 0.344 e. The molecule has 1 N–H and O–H groups in total. The van der Waals surface area contributed by atoms with Crippen molar-refractivity contribution < 1.29 is 37.4 Å². The number of carbonyl (C=O) groups is 3. The highest BCUT2D eigenvalue weighted by Gasteiger charge is 2.42. The van der Waals surface area contributed by atoms with Crippen LogP contribution in [-0.2, 0) is 14.3 Å². The number of furan rings is 1. The van der Waals surface area contributed by atoms with Crippen LogP contribution in [-0.4, -0.2) is 62.9 Å². The number of esters is 2. The van der Waals surface area contributed by atoms with Crippen LogP contribution in [0, 0.1) is 6.92 Å². The predicted octanol–water partition coefficient (Wildman–Crippen LogP) is 8.10. The highest BCUT2D eigenvalue weighted by atomic mass is 35.5. The Morgan fingerprint density at radius 1 is 1.09 bits per heavy atom. The molecule has 0 saturated heterocycles.